The molecule has 0 heterocycles. The van der Waals surface area contributed by atoms with E-state index in [9.17, 15) is 79.2 Å². The fraction of sp³-hybridized carbons (Fsp3) is 0.900. The Labute approximate surface area is 735 Å². The Morgan fingerprint density at radius 2 is 0.190 bits per heavy atom. The summed E-state index contributed by atoms with van der Waals surface area (Å²) in [5, 5.41) is 80.2. The summed E-state index contributed by atoms with van der Waals surface area (Å²) in [5.41, 5.74) is 0. The Balaban J connectivity index is -0.0000000880. The second-order valence-corrected chi connectivity index (χ2v) is 25.9. The van der Waals surface area contributed by atoms with Crippen LogP contribution in [0.5, 0.6) is 0 Å². The molecule has 0 aliphatic carbocycles. The number of unbranched alkanes of at least 4 members (excludes halogenated alkanes) is 48. The monoisotopic (exact) mass is 1530 g/mol. The van der Waals surface area contributed by atoms with Crippen molar-refractivity contribution in [2.45, 2.75) is 466 Å². The van der Waals surface area contributed by atoms with Crippen LogP contribution in [0, 0.1) is 0 Å². The van der Waals surface area contributed by atoms with Gasteiger partial charge >= 0.3 is 151 Å². The summed E-state index contributed by atoms with van der Waals surface area (Å²) in [6.07, 6.45) is 66.7. The van der Waals surface area contributed by atoms with E-state index in [2.05, 4.69) is 55.4 Å². The van der Waals surface area contributed by atoms with Gasteiger partial charge in [-0.2, -0.15) is 0 Å². The number of aliphatic carboxylic acids is 8. The van der Waals surface area contributed by atoms with Gasteiger partial charge in [0.05, 0.1) is 0 Å². The van der Waals surface area contributed by atoms with Gasteiger partial charge in [-0.3, -0.25) is 0 Å². The van der Waals surface area contributed by atoms with Crippen molar-refractivity contribution in [3.63, 3.8) is 0 Å². The SMILES string of the molecule is CCCCCCCCCC(=O)[O-].CCCCCCCCCC(=O)[O-].CCCCCCCCCC(=O)[O-].CCCCCCCCCC(=O)[O-].CCCCCCCCCC(=O)[O-].CCCCCCCCCC(=O)[O-].CCCCCCCCCC(=O)[O-].CCCCCCCCCC(=O)[O-].[Ca+2].[Ca+2].[Ca+2].[Ca+2]. The minimum Gasteiger partial charge on any atom is -0.550 e. The minimum absolute atomic E-state index is 0. The Bertz CT molecular complexity index is 1240. The second kappa shape index (κ2) is 124. The molecule has 0 aromatic carbocycles. The molecule has 0 aliphatic rings. The standard InChI is InChI=1S/8C10H20O2.4Ca/c8*1-2-3-4-5-6-7-8-9-10(11)12;;;;/h8*2-9H2,1H3,(H,11,12);;;;/q;;;;;;;;4*+2/p-8. The Hall–Kier alpha value is 0.799. The van der Waals surface area contributed by atoms with Crippen molar-refractivity contribution in [2.75, 3.05) is 0 Å². The van der Waals surface area contributed by atoms with Crippen molar-refractivity contribution in [3.8, 4) is 0 Å². The first-order valence-electron chi connectivity index (χ1n) is 39.8. The van der Waals surface area contributed by atoms with Gasteiger partial charge < -0.3 is 79.2 Å². The number of hydrogen-bond acceptors (Lipinski definition) is 16. The predicted octanol–water partition coefficient (Wildman–Crippen LogP) is 13.5. The third-order valence-electron chi connectivity index (χ3n) is 15.9. The van der Waals surface area contributed by atoms with Gasteiger partial charge in [-0.05, 0) is 103 Å². The van der Waals surface area contributed by atoms with Gasteiger partial charge in [-0.1, -0.05) is 364 Å². The molecule has 0 fully saturated rings. The predicted molar refractivity (Wildman–Crippen MR) is 404 cm³/mol. The summed E-state index contributed by atoms with van der Waals surface area (Å²) in [5.74, 6) is -7.31. The van der Waals surface area contributed by atoms with Gasteiger partial charge in [0.25, 0.3) is 0 Å². The molecular formula is C80H152Ca4O16. The first kappa shape index (κ1) is 127. The summed E-state index contributed by atoms with van der Waals surface area (Å²) in [7, 11) is 0. The molecule has 0 aromatic heterocycles. The molecular weight excluding hydrogens is 1380 g/mol. The molecule has 0 amide bonds. The molecule has 0 radical (unpaired) electrons. The van der Waals surface area contributed by atoms with Gasteiger partial charge in [0.1, 0.15) is 0 Å². The van der Waals surface area contributed by atoms with Crippen molar-refractivity contribution in [3.05, 3.63) is 0 Å². The second-order valence-electron chi connectivity index (χ2n) is 25.9. The molecule has 0 saturated heterocycles. The molecule has 0 rings (SSSR count). The topological polar surface area (TPSA) is 321 Å². The maximum Gasteiger partial charge on any atom is 2.00 e. The molecule has 0 aromatic rings. The van der Waals surface area contributed by atoms with Crippen molar-refractivity contribution in [1.29, 1.82) is 0 Å². The molecule has 100 heavy (non-hydrogen) atoms. The van der Waals surface area contributed by atoms with Crippen LogP contribution < -0.4 is 40.9 Å². The number of carboxylic acid groups (broad SMARTS) is 8. The van der Waals surface area contributed by atoms with E-state index in [4.69, 9.17) is 0 Å². The van der Waals surface area contributed by atoms with Crippen LogP contribution >= 0.6 is 0 Å². The van der Waals surface area contributed by atoms with Gasteiger partial charge in [0.15, 0.2) is 0 Å². The molecule has 0 N–H and O–H groups in total. The molecule has 16 nitrogen and oxygen atoms in total. The molecule has 20 heteroatoms. The van der Waals surface area contributed by atoms with Crippen LogP contribution in [0.1, 0.15) is 466 Å². The third kappa shape index (κ3) is 178. The summed E-state index contributed by atoms with van der Waals surface area (Å²) in [4.78, 5) is 80.2. The van der Waals surface area contributed by atoms with Gasteiger partial charge in [-0.15, -0.1) is 0 Å². The summed E-state index contributed by atoms with van der Waals surface area (Å²) in [6.45, 7) is 17.5. The van der Waals surface area contributed by atoms with E-state index in [0.29, 0.717) is 0 Å². The molecule has 0 atom stereocenters. The first-order chi connectivity index (χ1) is 46.2. The van der Waals surface area contributed by atoms with Crippen LogP contribution in [0.15, 0.2) is 0 Å². The Kier molecular flexibility index (Phi) is 157. The van der Waals surface area contributed by atoms with Crippen molar-refractivity contribution in [2.24, 2.45) is 0 Å². The fourth-order valence-corrected chi connectivity index (χ4v) is 9.81. The molecule has 0 saturated carbocycles. The average Bonchev–Trinajstić information content (AvgIpc) is 3.60. The van der Waals surface area contributed by atoms with Crippen LogP contribution in [0.25, 0.3) is 0 Å². The van der Waals surface area contributed by atoms with E-state index >= 15 is 0 Å². The zero-order valence-electron chi connectivity index (χ0n) is 66.6. The summed E-state index contributed by atoms with van der Waals surface area (Å²) >= 11 is 0. The Morgan fingerprint density at radius 1 is 0.130 bits per heavy atom. The van der Waals surface area contributed by atoms with Crippen molar-refractivity contribution < 1.29 is 79.2 Å². The smallest absolute Gasteiger partial charge is 0.550 e. The van der Waals surface area contributed by atoms with E-state index in [-0.39, 0.29) is 202 Å². The maximum absolute atomic E-state index is 10.0. The molecule has 0 bridgehead atoms. The van der Waals surface area contributed by atoms with Gasteiger partial charge in [-0.25, -0.2) is 0 Å². The van der Waals surface area contributed by atoms with Crippen LogP contribution in [-0.2, 0) is 38.4 Å². The minimum atomic E-state index is -0.913. The zero-order valence-corrected chi connectivity index (χ0v) is 75.4. The molecule has 0 spiro atoms. The van der Waals surface area contributed by atoms with E-state index < -0.39 is 47.8 Å². The number of rotatable bonds is 64. The van der Waals surface area contributed by atoms with E-state index in [1.807, 2.05) is 0 Å². The van der Waals surface area contributed by atoms with E-state index in [1.165, 1.54) is 257 Å². The number of carbonyl (C=O) groups excluding carboxylic acids is 8. The number of carboxylic acids is 8. The van der Waals surface area contributed by atoms with E-state index in [0.717, 1.165) is 103 Å². The zero-order chi connectivity index (χ0) is 73.9. The largest absolute Gasteiger partial charge is 2.00 e. The van der Waals surface area contributed by atoms with E-state index in [1.54, 1.807) is 0 Å². The Morgan fingerprint density at radius 3 is 0.250 bits per heavy atom. The van der Waals surface area contributed by atoms with Crippen LogP contribution in [-0.4, -0.2) is 199 Å². The van der Waals surface area contributed by atoms with Crippen molar-refractivity contribution >= 4 is 199 Å². The average molecular weight is 1530 g/mol. The third-order valence-corrected chi connectivity index (χ3v) is 15.9. The quantitative estimate of drug-likeness (QED) is 0.0403. The van der Waals surface area contributed by atoms with Crippen LogP contribution in [0.3, 0.4) is 0 Å². The summed E-state index contributed by atoms with van der Waals surface area (Å²) in [6, 6.07) is 0. The summed E-state index contributed by atoms with van der Waals surface area (Å²) < 4.78 is 0. The van der Waals surface area contributed by atoms with Gasteiger partial charge in [0, 0.05) is 47.8 Å². The fourth-order valence-electron chi connectivity index (χ4n) is 9.81. The normalized spacial score (nSPS) is 9.68. The molecule has 0 aliphatic heterocycles. The molecule has 0 unspecified atom stereocenters. The molecule has 576 valence electrons. The van der Waals surface area contributed by atoms with Crippen LogP contribution in [0.4, 0.5) is 0 Å². The first-order valence-corrected chi connectivity index (χ1v) is 39.8. The number of hydrogen-bond donors (Lipinski definition) is 0. The van der Waals surface area contributed by atoms with Crippen LogP contribution in [0.2, 0.25) is 0 Å². The van der Waals surface area contributed by atoms with Gasteiger partial charge in [0.2, 0.25) is 0 Å². The maximum atomic E-state index is 10.0. The number of carbonyl (C=O) groups is 8. The van der Waals surface area contributed by atoms with Crippen molar-refractivity contribution in [1.82, 2.24) is 0 Å².